The topological polar surface area (TPSA) is 72.9 Å². The second-order valence-corrected chi connectivity index (χ2v) is 12.1. The molecule has 1 unspecified atom stereocenters. The van der Waals surface area contributed by atoms with Crippen molar-refractivity contribution in [2.24, 2.45) is 0 Å². The maximum atomic E-state index is 13.9. The third kappa shape index (κ3) is 7.58. The molecule has 0 bridgehead atoms. The number of hydrogen-bond acceptors (Lipinski definition) is 6. The summed E-state index contributed by atoms with van der Waals surface area (Å²) in [6, 6.07) is 5.73. The highest BCUT2D eigenvalue weighted by molar-refractivity contribution is 6.42. The van der Waals surface area contributed by atoms with Crippen molar-refractivity contribution in [3.63, 3.8) is 0 Å². The van der Waals surface area contributed by atoms with Gasteiger partial charge in [-0.25, -0.2) is 4.98 Å². The summed E-state index contributed by atoms with van der Waals surface area (Å²) < 4.78 is 0. The third-order valence-corrected chi connectivity index (χ3v) is 9.66. The number of hydrogen-bond donors (Lipinski definition) is 0. The summed E-state index contributed by atoms with van der Waals surface area (Å²) in [4.78, 5) is 43.9. The summed E-state index contributed by atoms with van der Waals surface area (Å²) >= 11 is 12.6. The van der Waals surface area contributed by atoms with E-state index in [1.54, 1.807) is 18.1 Å². The van der Waals surface area contributed by atoms with Gasteiger partial charge in [-0.2, -0.15) is 0 Å². The van der Waals surface area contributed by atoms with E-state index in [0.717, 1.165) is 70.6 Å². The van der Waals surface area contributed by atoms with Crippen LogP contribution in [0.5, 0.6) is 0 Å². The van der Waals surface area contributed by atoms with Gasteiger partial charge < -0.3 is 14.7 Å². The highest BCUT2D eigenvalue weighted by Crippen LogP contribution is 2.35. The molecule has 0 radical (unpaired) electrons. The molecule has 8 nitrogen and oxygen atoms in total. The van der Waals surface area contributed by atoms with Crippen molar-refractivity contribution in [2.45, 2.75) is 63.8 Å². The average Bonchev–Trinajstić information content (AvgIpc) is 3.01. The van der Waals surface area contributed by atoms with Crippen LogP contribution in [-0.2, 0) is 4.79 Å². The van der Waals surface area contributed by atoms with Gasteiger partial charge in [-0.1, -0.05) is 35.7 Å². The molecule has 2 aliphatic rings. The molecule has 1 atom stereocenters. The smallest absolute Gasteiger partial charge is 0.273 e. The molecule has 4 rings (SSSR count). The Labute approximate surface area is 255 Å². The number of piperidine rings is 2. The van der Waals surface area contributed by atoms with Gasteiger partial charge in [-0.05, 0) is 83.3 Å². The first-order valence-electron chi connectivity index (χ1n) is 15.0. The first-order chi connectivity index (χ1) is 19.8. The van der Waals surface area contributed by atoms with E-state index in [-0.39, 0.29) is 11.8 Å². The maximum absolute atomic E-state index is 13.9. The van der Waals surface area contributed by atoms with E-state index < -0.39 is 5.54 Å². The van der Waals surface area contributed by atoms with Gasteiger partial charge in [0.15, 0.2) is 0 Å². The summed E-state index contributed by atoms with van der Waals surface area (Å²) in [5.41, 5.74) is 0.982. The molecule has 2 fully saturated rings. The van der Waals surface area contributed by atoms with Crippen LogP contribution in [0.4, 0.5) is 0 Å². The van der Waals surface area contributed by atoms with E-state index in [4.69, 9.17) is 23.2 Å². The Morgan fingerprint density at radius 2 is 1.71 bits per heavy atom. The molecule has 41 heavy (non-hydrogen) atoms. The Morgan fingerprint density at radius 3 is 2.32 bits per heavy atom. The van der Waals surface area contributed by atoms with E-state index in [1.807, 2.05) is 23.1 Å². The largest absolute Gasteiger partial charge is 0.342 e. The van der Waals surface area contributed by atoms with Gasteiger partial charge in [-0.15, -0.1) is 0 Å². The molecule has 0 aliphatic carbocycles. The van der Waals surface area contributed by atoms with Crippen molar-refractivity contribution in [3.05, 3.63) is 58.1 Å². The fraction of sp³-hybridized carbons (Fsp3) is 0.613. The quantitative estimate of drug-likeness (QED) is 0.351. The van der Waals surface area contributed by atoms with Crippen molar-refractivity contribution >= 4 is 35.0 Å². The average molecular weight is 604 g/mol. The zero-order valence-electron chi connectivity index (χ0n) is 24.7. The second kappa shape index (κ2) is 14.8. The molecule has 2 aromatic rings. The standard InChI is InChI=1S/C31H44Cl2N6O2/c1-4-38(5-2)30(41)31(39-16-7-6-8-17-39)12-19-37(20-13-31)18-11-25(24-9-10-26(32)27(33)21-24)23-36(3)29(40)28-22-34-14-15-35-28/h9-10,14-15,21-22,25H,4-8,11-13,16-20,23H2,1-3H3. The minimum atomic E-state index is -0.393. The summed E-state index contributed by atoms with van der Waals surface area (Å²) in [6.07, 6.45) is 10.7. The molecule has 3 heterocycles. The summed E-state index contributed by atoms with van der Waals surface area (Å²) in [5, 5.41) is 1.03. The molecule has 0 saturated carbocycles. The van der Waals surface area contributed by atoms with E-state index in [9.17, 15) is 9.59 Å². The number of benzene rings is 1. The van der Waals surface area contributed by atoms with E-state index in [1.165, 1.54) is 31.7 Å². The van der Waals surface area contributed by atoms with Crippen LogP contribution < -0.4 is 0 Å². The van der Waals surface area contributed by atoms with Crippen molar-refractivity contribution in [1.29, 1.82) is 0 Å². The van der Waals surface area contributed by atoms with E-state index >= 15 is 0 Å². The van der Waals surface area contributed by atoms with Crippen LogP contribution in [-0.4, -0.2) is 106 Å². The van der Waals surface area contributed by atoms with Gasteiger partial charge >= 0.3 is 0 Å². The monoisotopic (exact) mass is 602 g/mol. The number of aromatic nitrogens is 2. The molecule has 2 amide bonds. The molecular formula is C31H44Cl2N6O2. The molecule has 224 valence electrons. The number of carbonyl (C=O) groups excluding carboxylic acids is 2. The number of amides is 2. The minimum Gasteiger partial charge on any atom is -0.342 e. The molecule has 10 heteroatoms. The summed E-state index contributed by atoms with van der Waals surface area (Å²) in [7, 11) is 1.80. The van der Waals surface area contributed by atoms with Crippen molar-refractivity contribution < 1.29 is 9.59 Å². The first kappa shape index (κ1) is 31.7. The highest BCUT2D eigenvalue weighted by atomic mass is 35.5. The van der Waals surface area contributed by atoms with Gasteiger partial charge in [0.25, 0.3) is 5.91 Å². The lowest BCUT2D eigenvalue weighted by Gasteiger charge is -2.50. The van der Waals surface area contributed by atoms with Crippen LogP contribution in [0.15, 0.2) is 36.8 Å². The second-order valence-electron chi connectivity index (χ2n) is 11.3. The van der Waals surface area contributed by atoms with Gasteiger partial charge in [0.2, 0.25) is 5.91 Å². The number of likely N-dealkylation sites (N-methyl/N-ethyl adjacent to an activating group) is 2. The van der Waals surface area contributed by atoms with Crippen molar-refractivity contribution in [1.82, 2.24) is 29.6 Å². The van der Waals surface area contributed by atoms with Crippen LogP contribution in [0.1, 0.15) is 74.3 Å². The lowest BCUT2D eigenvalue weighted by atomic mass is 9.82. The Kier molecular flexibility index (Phi) is 11.4. The van der Waals surface area contributed by atoms with E-state index in [0.29, 0.717) is 28.2 Å². The fourth-order valence-corrected chi connectivity index (χ4v) is 6.73. The predicted molar refractivity (Wildman–Crippen MR) is 165 cm³/mol. The lowest BCUT2D eigenvalue weighted by Crippen LogP contribution is -2.64. The minimum absolute atomic E-state index is 0.0569. The zero-order valence-corrected chi connectivity index (χ0v) is 26.2. The zero-order chi connectivity index (χ0) is 29.4. The Hall–Kier alpha value is -2.26. The Balaban J connectivity index is 1.46. The Bertz CT molecular complexity index is 1150. The number of nitrogens with zero attached hydrogens (tertiary/aromatic N) is 6. The molecule has 1 aromatic heterocycles. The molecule has 0 spiro atoms. The van der Waals surface area contributed by atoms with Crippen LogP contribution in [0, 0.1) is 0 Å². The molecular weight excluding hydrogens is 559 g/mol. The highest BCUT2D eigenvalue weighted by Gasteiger charge is 2.47. The number of carbonyl (C=O) groups is 2. The molecule has 2 saturated heterocycles. The third-order valence-electron chi connectivity index (χ3n) is 8.93. The number of rotatable bonds is 11. The summed E-state index contributed by atoms with van der Waals surface area (Å²) in [5.74, 6) is 0.200. The molecule has 1 aromatic carbocycles. The maximum Gasteiger partial charge on any atom is 0.273 e. The van der Waals surface area contributed by atoms with Gasteiger partial charge in [0.05, 0.1) is 16.2 Å². The SMILES string of the molecule is CCN(CC)C(=O)C1(N2CCCCC2)CCN(CCC(CN(C)C(=O)c2cnccn2)c2ccc(Cl)c(Cl)c2)CC1. The predicted octanol–water partition coefficient (Wildman–Crippen LogP) is 5.22. The fourth-order valence-electron chi connectivity index (χ4n) is 6.43. The van der Waals surface area contributed by atoms with Crippen molar-refractivity contribution in [3.8, 4) is 0 Å². The Morgan fingerprint density at radius 1 is 1.00 bits per heavy atom. The van der Waals surface area contributed by atoms with Crippen LogP contribution in [0.2, 0.25) is 10.0 Å². The van der Waals surface area contributed by atoms with E-state index in [2.05, 4.69) is 33.6 Å². The van der Waals surface area contributed by atoms with Crippen LogP contribution in [0.3, 0.4) is 0 Å². The van der Waals surface area contributed by atoms with Crippen LogP contribution in [0.25, 0.3) is 0 Å². The molecule has 0 N–H and O–H groups in total. The van der Waals surface area contributed by atoms with Gasteiger partial charge in [0, 0.05) is 58.1 Å². The van der Waals surface area contributed by atoms with Gasteiger partial charge in [0.1, 0.15) is 11.2 Å². The lowest BCUT2D eigenvalue weighted by molar-refractivity contribution is -0.149. The van der Waals surface area contributed by atoms with Gasteiger partial charge in [-0.3, -0.25) is 19.5 Å². The normalized spacial score (nSPS) is 18.6. The summed E-state index contributed by atoms with van der Waals surface area (Å²) in [6.45, 7) is 10.8. The van der Waals surface area contributed by atoms with Crippen molar-refractivity contribution in [2.75, 3.05) is 59.4 Å². The molecule has 2 aliphatic heterocycles. The first-order valence-corrected chi connectivity index (χ1v) is 15.8. The number of likely N-dealkylation sites (tertiary alicyclic amines) is 2. The van der Waals surface area contributed by atoms with Crippen LogP contribution >= 0.6 is 23.2 Å². The number of halogens is 2.